The van der Waals surface area contributed by atoms with Crippen LogP contribution in [0.25, 0.3) is 0 Å². The number of halogens is 1. The van der Waals surface area contributed by atoms with Crippen molar-refractivity contribution in [3.05, 3.63) is 58.6 Å². The molecule has 1 fully saturated rings. The summed E-state index contributed by atoms with van der Waals surface area (Å²) in [5.74, 6) is -0.0278. The van der Waals surface area contributed by atoms with Crippen molar-refractivity contribution in [2.24, 2.45) is 5.92 Å². The molecular weight excluding hydrogens is 472 g/mol. The van der Waals surface area contributed by atoms with Crippen LogP contribution in [0.5, 0.6) is 0 Å². The largest absolute Gasteiger partial charge is 0.345 e. The zero-order chi connectivity index (χ0) is 23.7. The number of nitrogens with zero attached hydrogens (tertiary/aromatic N) is 1. The lowest BCUT2D eigenvalue weighted by atomic mass is 10.0. The Morgan fingerprint density at radius 3 is 2.16 bits per heavy atom. The highest BCUT2D eigenvalue weighted by atomic mass is 35.5. The van der Waals surface area contributed by atoms with Crippen molar-refractivity contribution in [1.82, 2.24) is 9.62 Å². The van der Waals surface area contributed by atoms with Gasteiger partial charge in [0.1, 0.15) is 0 Å². The van der Waals surface area contributed by atoms with Gasteiger partial charge in [0.25, 0.3) is 5.91 Å². The Hall–Kier alpha value is -1.94. The molecule has 10 heteroatoms. The molecule has 0 radical (unpaired) electrons. The first-order valence-electron chi connectivity index (χ1n) is 10.3. The van der Waals surface area contributed by atoms with Crippen molar-refractivity contribution in [1.29, 1.82) is 0 Å². The molecule has 1 saturated heterocycles. The summed E-state index contributed by atoms with van der Waals surface area (Å²) in [6.45, 7) is 4.75. The number of nitrogens with one attached hydrogen (secondary N) is 1. The minimum atomic E-state index is -3.72. The minimum Gasteiger partial charge on any atom is -0.345 e. The van der Waals surface area contributed by atoms with E-state index >= 15 is 0 Å². The molecule has 1 aliphatic heterocycles. The smallest absolute Gasteiger partial charge is 0.253 e. The van der Waals surface area contributed by atoms with Crippen LogP contribution in [0.1, 0.15) is 48.7 Å². The highest BCUT2D eigenvalue weighted by molar-refractivity contribution is 7.90. The van der Waals surface area contributed by atoms with E-state index in [0.29, 0.717) is 24.6 Å². The lowest BCUT2D eigenvalue weighted by Gasteiger charge is -2.29. The van der Waals surface area contributed by atoms with Crippen LogP contribution in [-0.4, -0.2) is 46.4 Å². The topological polar surface area (TPSA) is 101 Å². The quantitative estimate of drug-likeness (QED) is 0.655. The van der Waals surface area contributed by atoms with Gasteiger partial charge in [-0.3, -0.25) is 4.79 Å². The highest BCUT2D eigenvalue weighted by Crippen LogP contribution is 2.27. The molecule has 7 nitrogen and oxygen atoms in total. The molecule has 0 bridgehead atoms. The van der Waals surface area contributed by atoms with Gasteiger partial charge in [-0.25, -0.2) is 16.8 Å². The van der Waals surface area contributed by atoms with Crippen LogP contribution in [0.15, 0.2) is 52.3 Å². The van der Waals surface area contributed by atoms with E-state index in [9.17, 15) is 21.6 Å². The minimum absolute atomic E-state index is 0.0340. The fourth-order valence-corrected chi connectivity index (χ4v) is 5.90. The van der Waals surface area contributed by atoms with Crippen molar-refractivity contribution in [2.75, 3.05) is 19.3 Å². The standard InChI is InChI=1S/C22H27ClN2O5S2/c1-15-10-12-25(13-11-15)32(29,30)19-8-9-21(23)20(14-19)22(26)24-16(2)17-4-6-18(7-5-17)31(3,27)28/h4-9,14-16H,10-13H2,1-3H3,(H,24,26)/t16-/m0/s1. The van der Waals surface area contributed by atoms with E-state index in [4.69, 9.17) is 11.6 Å². The van der Waals surface area contributed by atoms with Gasteiger partial charge in [0.15, 0.2) is 9.84 Å². The van der Waals surface area contributed by atoms with Crippen molar-refractivity contribution in [3.8, 4) is 0 Å². The number of amides is 1. The van der Waals surface area contributed by atoms with Crippen molar-refractivity contribution >= 4 is 37.4 Å². The lowest BCUT2D eigenvalue weighted by Crippen LogP contribution is -2.38. The molecule has 1 aliphatic rings. The number of piperidine rings is 1. The molecule has 1 atom stereocenters. The molecule has 2 aromatic rings. The van der Waals surface area contributed by atoms with Crippen molar-refractivity contribution < 1.29 is 21.6 Å². The van der Waals surface area contributed by atoms with E-state index < -0.39 is 31.8 Å². The average Bonchev–Trinajstić information content (AvgIpc) is 2.73. The molecule has 2 aromatic carbocycles. The summed E-state index contributed by atoms with van der Waals surface area (Å²) < 4.78 is 50.8. The monoisotopic (exact) mass is 498 g/mol. The van der Waals surface area contributed by atoms with E-state index in [1.807, 2.05) is 0 Å². The second-order valence-electron chi connectivity index (χ2n) is 8.26. The van der Waals surface area contributed by atoms with E-state index in [0.717, 1.165) is 19.1 Å². The molecule has 0 aliphatic carbocycles. The van der Waals surface area contributed by atoms with E-state index in [-0.39, 0.29) is 20.4 Å². The van der Waals surface area contributed by atoms with Gasteiger partial charge < -0.3 is 5.32 Å². The number of sulfone groups is 1. The Morgan fingerprint density at radius 2 is 1.59 bits per heavy atom. The van der Waals surface area contributed by atoms with Crippen molar-refractivity contribution in [3.63, 3.8) is 0 Å². The zero-order valence-corrected chi connectivity index (χ0v) is 20.6. The first kappa shape index (κ1) is 24.7. The third kappa shape index (κ3) is 5.51. The summed E-state index contributed by atoms with van der Waals surface area (Å²) in [5, 5.41) is 2.94. The molecular formula is C22H27ClN2O5S2. The second-order valence-corrected chi connectivity index (χ2v) is 12.6. The molecule has 32 heavy (non-hydrogen) atoms. The molecule has 0 aromatic heterocycles. The van der Waals surface area contributed by atoms with Gasteiger partial charge in [0.2, 0.25) is 10.0 Å². The van der Waals surface area contributed by atoms with Crippen LogP contribution < -0.4 is 5.32 Å². The first-order valence-corrected chi connectivity index (χ1v) is 14.0. The van der Waals surface area contributed by atoms with E-state index in [2.05, 4.69) is 12.2 Å². The second kappa shape index (κ2) is 9.51. The maximum atomic E-state index is 13.0. The van der Waals surface area contributed by atoms with Gasteiger partial charge in [-0.15, -0.1) is 0 Å². The first-order chi connectivity index (χ1) is 14.9. The van der Waals surface area contributed by atoms with Gasteiger partial charge in [0, 0.05) is 19.3 Å². The number of rotatable bonds is 6. The van der Waals surface area contributed by atoms with Gasteiger partial charge in [-0.2, -0.15) is 4.31 Å². The number of carbonyl (C=O) groups excluding carboxylic acids is 1. The summed E-state index contributed by atoms with van der Waals surface area (Å²) in [7, 11) is -7.03. The summed E-state index contributed by atoms with van der Waals surface area (Å²) in [5.41, 5.74) is 0.769. The van der Waals surface area contributed by atoms with Crippen LogP contribution in [0, 0.1) is 5.92 Å². The molecule has 3 rings (SSSR count). The van der Waals surface area contributed by atoms with Gasteiger partial charge >= 0.3 is 0 Å². The zero-order valence-electron chi connectivity index (χ0n) is 18.2. The van der Waals surface area contributed by atoms with Crippen LogP contribution in [0.4, 0.5) is 0 Å². The Bertz CT molecular complexity index is 1200. The average molecular weight is 499 g/mol. The Labute approximate surface area is 194 Å². The maximum Gasteiger partial charge on any atom is 0.253 e. The molecule has 0 spiro atoms. The van der Waals surface area contributed by atoms with Gasteiger partial charge in [-0.05, 0) is 61.6 Å². The number of sulfonamides is 1. The molecule has 1 N–H and O–H groups in total. The Kier molecular flexibility index (Phi) is 7.34. The molecule has 174 valence electrons. The number of hydrogen-bond acceptors (Lipinski definition) is 5. The fraction of sp³-hybridized carbons (Fsp3) is 0.409. The third-order valence-corrected chi connectivity index (χ3v) is 9.07. The molecule has 0 saturated carbocycles. The SMILES string of the molecule is CC1CCN(S(=O)(=O)c2ccc(Cl)c(C(=O)N[C@@H](C)c3ccc(S(C)(=O)=O)cc3)c2)CC1. The molecule has 1 heterocycles. The Balaban J connectivity index is 1.79. The fourth-order valence-electron chi connectivity index (χ4n) is 3.57. The predicted molar refractivity (Wildman–Crippen MR) is 124 cm³/mol. The summed E-state index contributed by atoms with van der Waals surface area (Å²) >= 11 is 6.21. The van der Waals surface area contributed by atoms with E-state index in [1.54, 1.807) is 19.1 Å². The summed E-state index contributed by atoms with van der Waals surface area (Å²) in [4.78, 5) is 13.1. The van der Waals surface area contributed by atoms with Gasteiger partial charge in [0.05, 0.1) is 26.4 Å². The molecule has 1 amide bonds. The van der Waals surface area contributed by atoms with Crippen LogP contribution in [0.2, 0.25) is 5.02 Å². The van der Waals surface area contributed by atoms with Crippen LogP contribution >= 0.6 is 11.6 Å². The van der Waals surface area contributed by atoms with Crippen molar-refractivity contribution in [2.45, 2.75) is 42.5 Å². The Morgan fingerprint density at radius 1 is 1.03 bits per heavy atom. The summed E-state index contributed by atoms with van der Waals surface area (Å²) in [6.07, 6.45) is 2.73. The van der Waals surface area contributed by atoms with Gasteiger partial charge in [-0.1, -0.05) is 30.7 Å². The number of benzene rings is 2. The highest BCUT2D eigenvalue weighted by Gasteiger charge is 2.29. The normalized spacial score (nSPS) is 17.1. The van der Waals surface area contributed by atoms with Crippen LogP contribution in [-0.2, 0) is 19.9 Å². The summed E-state index contributed by atoms with van der Waals surface area (Å²) in [6, 6.07) is 9.91. The van der Waals surface area contributed by atoms with Crippen LogP contribution in [0.3, 0.4) is 0 Å². The predicted octanol–water partition coefficient (Wildman–Crippen LogP) is 3.66. The maximum absolute atomic E-state index is 13.0. The third-order valence-electron chi connectivity index (χ3n) is 5.72. The molecule has 0 unspecified atom stereocenters. The number of carbonyl (C=O) groups is 1. The number of hydrogen-bond donors (Lipinski definition) is 1. The van der Waals surface area contributed by atoms with E-state index in [1.165, 1.54) is 34.6 Å². The lowest BCUT2D eigenvalue weighted by molar-refractivity contribution is 0.0939.